The zero-order chi connectivity index (χ0) is 23.7. The quantitative estimate of drug-likeness (QED) is 0.406. The Morgan fingerprint density at radius 1 is 0.611 bits per heavy atom. The van der Waals surface area contributed by atoms with Crippen LogP contribution in [-0.4, -0.2) is 33.1 Å². The van der Waals surface area contributed by atoms with Gasteiger partial charge >= 0.3 is 0 Å². The van der Waals surface area contributed by atoms with E-state index in [1.54, 1.807) is 0 Å². The van der Waals surface area contributed by atoms with Gasteiger partial charge in [0.05, 0.1) is 0 Å². The summed E-state index contributed by atoms with van der Waals surface area (Å²) in [5.74, 6) is 9.55. The summed E-state index contributed by atoms with van der Waals surface area (Å²) in [5, 5.41) is 11.5. The van der Waals surface area contributed by atoms with Crippen molar-refractivity contribution in [2.45, 2.75) is 114 Å². The Bertz CT molecular complexity index is 907. The van der Waals surface area contributed by atoms with Gasteiger partial charge in [-0.15, -0.1) is 0 Å². The van der Waals surface area contributed by atoms with E-state index >= 15 is 0 Å². The molecular weight excluding hydrogens is 444 g/mol. The lowest BCUT2D eigenvalue weighted by Gasteiger charge is -2.56. The summed E-state index contributed by atoms with van der Waals surface area (Å²) in [6.45, 7) is 0.998. The molecule has 1 aromatic heterocycles. The molecular formula is C30H46N6. The van der Waals surface area contributed by atoms with Gasteiger partial charge in [-0.3, -0.25) is 0 Å². The molecule has 0 spiro atoms. The van der Waals surface area contributed by atoms with Crippen LogP contribution < -0.4 is 16.0 Å². The third kappa shape index (κ3) is 4.18. The average Bonchev–Trinajstić information content (AvgIpc) is 2.84. The maximum Gasteiger partial charge on any atom is 0.229 e. The van der Waals surface area contributed by atoms with Gasteiger partial charge in [0.2, 0.25) is 17.8 Å². The maximum absolute atomic E-state index is 5.07. The van der Waals surface area contributed by atoms with Gasteiger partial charge in [-0.25, -0.2) is 0 Å². The number of hydrogen-bond acceptors (Lipinski definition) is 6. The molecule has 9 aliphatic carbocycles. The minimum Gasteiger partial charge on any atom is -0.354 e. The number of hydrogen-bond donors (Lipinski definition) is 3. The van der Waals surface area contributed by atoms with E-state index in [-0.39, 0.29) is 5.54 Å². The monoisotopic (exact) mass is 490 g/mol. The van der Waals surface area contributed by atoms with Gasteiger partial charge in [-0.05, 0) is 131 Å². The Morgan fingerprint density at radius 3 is 1.81 bits per heavy atom. The Labute approximate surface area is 217 Å². The zero-order valence-corrected chi connectivity index (χ0v) is 22.1. The number of rotatable bonds is 7. The first kappa shape index (κ1) is 22.4. The number of anilines is 3. The minimum absolute atomic E-state index is 0.219. The smallest absolute Gasteiger partial charge is 0.229 e. The molecule has 8 bridgehead atoms. The van der Waals surface area contributed by atoms with Crippen molar-refractivity contribution in [2.75, 3.05) is 22.5 Å². The highest BCUT2D eigenvalue weighted by Crippen LogP contribution is 2.57. The summed E-state index contributed by atoms with van der Waals surface area (Å²) in [6.07, 6.45) is 22.3. The van der Waals surface area contributed by atoms with Gasteiger partial charge in [0.25, 0.3) is 0 Å². The summed E-state index contributed by atoms with van der Waals surface area (Å²) >= 11 is 0. The van der Waals surface area contributed by atoms with Crippen molar-refractivity contribution in [3.63, 3.8) is 0 Å². The molecule has 6 nitrogen and oxygen atoms in total. The van der Waals surface area contributed by atoms with Crippen molar-refractivity contribution in [1.82, 2.24) is 15.0 Å². The summed E-state index contributed by atoms with van der Waals surface area (Å²) in [4.78, 5) is 15.0. The first-order valence-electron chi connectivity index (χ1n) is 15.7. The molecule has 1 aromatic rings. The molecule has 6 heteroatoms. The van der Waals surface area contributed by atoms with Crippen LogP contribution in [0, 0.1) is 47.3 Å². The van der Waals surface area contributed by atoms with Gasteiger partial charge < -0.3 is 16.0 Å². The normalized spacial score (nSPS) is 44.7. The first-order valence-corrected chi connectivity index (χ1v) is 15.7. The molecule has 0 radical (unpaired) electrons. The number of nitrogens with one attached hydrogen (secondary N) is 3. The summed E-state index contributed by atoms with van der Waals surface area (Å²) in [7, 11) is 0. The molecule has 0 atom stereocenters. The SMILES string of the molecule is C1CCC(CNc2nc(NC3C4CC5CC(C4)CC3C5)nc(NC34CC5CC(CC(C5)C3)C4)n2)CC1. The van der Waals surface area contributed by atoms with Gasteiger partial charge in [-0.2, -0.15) is 15.0 Å². The highest BCUT2D eigenvalue weighted by molar-refractivity contribution is 5.45. The van der Waals surface area contributed by atoms with Crippen molar-refractivity contribution >= 4 is 17.8 Å². The third-order valence-corrected chi connectivity index (χ3v) is 11.8. The van der Waals surface area contributed by atoms with E-state index < -0.39 is 0 Å². The minimum atomic E-state index is 0.219. The second-order valence-corrected chi connectivity index (χ2v) is 14.6. The van der Waals surface area contributed by atoms with E-state index in [0.717, 1.165) is 71.7 Å². The predicted octanol–water partition coefficient (Wildman–Crippen LogP) is 6.48. The Balaban J connectivity index is 1.04. The maximum atomic E-state index is 5.07. The molecule has 1 heterocycles. The molecule has 0 aliphatic heterocycles. The summed E-state index contributed by atoms with van der Waals surface area (Å²) in [6, 6.07) is 0.554. The lowest BCUT2D eigenvalue weighted by atomic mass is 9.53. The standard InChI is InChI=1S/C30H46N6/c1-2-4-18(5-3-1)17-31-27-33-28(32-26-24-10-19-6-20(12-24)13-25(26)11-19)35-29(34-27)36-30-14-21-7-22(15-30)9-23(8-21)16-30/h18-26H,1-17H2,(H3,31,32,33,34,35,36). The molecule has 0 amide bonds. The Hall–Kier alpha value is -1.59. The van der Waals surface area contributed by atoms with Crippen molar-refractivity contribution in [3.8, 4) is 0 Å². The van der Waals surface area contributed by atoms with Gasteiger partial charge in [0.1, 0.15) is 0 Å². The molecule has 0 saturated heterocycles. The van der Waals surface area contributed by atoms with Crippen molar-refractivity contribution < 1.29 is 0 Å². The van der Waals surface area contributed by atoms with Crippen LogP contribution >= 0.6 is 0 Å². The van der Waals surface area contributed by atoms with Gasteiger partial charge in [0, 0.05) is 18.1 Å². The van der Waals surface area contributed by atoms with E-state index in [2.05, 4.69) is 16.0 Å². The molecule has 9 fully saturated rings. The van der Waals surface area contributed by atoms with Crippen LogP contribution in [0.15, 0.2) is 0 Å². The lowest BCUT2D eigenvalue weighted by Crippen LogP contribution is -2.55. The average molecular weight is 491 g/mol. The van der Waals surface area contributed by atoms with Crippen LogP contribution in [0.3, 0.4) is 0 Å². The number of aromatic nitrogens is 3. The van der Waals surface area contributed by atoms with E-state index in [9.17, 15) is 0 Å². The molecule has 196 valence electrons. The fourth-order valence-electron chi connectivity index (χ4n) is 11.0. The largest absolute Gasteiger partial charge is 0.354 e. The van der Waals surface area contributed by atoms with Crippen molar-refractivity contribution in [1.29, 1.82) is 0 Å². The second kappa shape index (κ2) is 8.73. The van der Waals surface area contributed by atoms with Crippen LogP contribution in [0.4, 0.5) is 17.8 Å². The van der Waals surface area contributed by atoms with Crippen LogP contribution in [0.1, 0.15) is 103 Å². The van der Waals surface area contributed by atoms with E-state index in [1.807, 2.05) is 0 Å². The highest BCUT2D eigenvalue weighted by atomic mass is 15.3. The Morgan fingerprint density at radius 2 is 1.17 bits per heavy atom. The van der Waals surface area contributed by atoms with E-state index in [4.69, 9.17) is 15.0 Å². The second-order valence-electron chi connectivity index (χ2n) is 14.6. The first-order chi connectivity index (χ1) is 17.6. The third-order valence-electron chi connectivity index (χ3n) is 11.8. The van der Waals surface area contributed by atoms with E-state index in [1.165, 1.54) is 103 Å². The van der Waals surface area contributed by atoms with Crippen LogP contribution in [0.25, 0.3) is 0 Å². The molecule has 36 heavy (non-hydrogen) atoms. The molecule has 0 unspecified atom stereocenters. The Kier molecular flexibility index (Phi) is 5.43. The van der Waals surface area contributed by atoms with Crippen LogP contribution in [0.5, 0.6) is 0 Å². The topological polar surface area (TPSA) is 74.8 Å². The highest BCUT2D eigenvalue weighted by Gasteiger charge is 2.51. The van der Waals surface area contributed by atoms with E-state index in [0.29, 0.717) is 6.04 Å². The fourth-order valence-corrected chi connectivity index (χ4v) is 11.0. The van der Waals surface area contributed by atoms with Crippen LogP contribution in [-0.2, 0) is 0 Å². The van der Waals surface area contributed by atoms with Gasteiger partial charge in [-0.1, -0.05) is 19.3 Å². The summed E-state index contributed by atoms with van der Waals surface area (Å²) < 4.78 is 0. The molecule has 9 saturated carbocycles. The molecule has 0 aromatic carbocycles. The van der Waals surface area contributed by atoms with Crippen LogP contribution in [0.2, 0.25) is 0 Å². The fraction of sp³-hybridized carbons (Fsp3) is 0.900. The van der Waals surface area contributed by atoms with Gasteiger partial charge in [0.15, 0.2) is 0 Å². The molecule has 9 aliphatic rings. The lowest BCUT2D eigenvalue weighted by molar-refractivity contribution is 0.00720. The molecule has 10 rings (SSSR count). The molecule has 3 N–H and O–H groups in total. The zero-order valence-electron chi connectivity index (χ0n) is 22.1. The van der Waals surface area contributed by atoms with Crippen molar-refractivity contribution in [2.24, 2.45) is 47.3 Å². The van der Waals surface area contributed by atoms with Crippen molar-refractivity contribution in [3.05, 3.63) is 0 Å². The number of nitrogens with zero attached hydrogens (tertiary/aromatic N) is 3. The predicted molar refractivity (Wildman–Crippen MR) is 144 cm³/mol. The summed E-state index contributed by atoms with van der Waals surface area (Å²) in [5.41, 5.74) is 0.219.